The maximum absolute atomic E-state index is 11.3. The maximum Gasteiger partial charge on any atom is 0.339 e. The van der Waals surface area contributed by atoms with Gasteiger partial charge in [0.15, 0.2) is 0 Å². The van der Waals surface area contributed by atoms with E-state index in [9.17, 15) is 9.59 Å². The van der Waals surface area contributed by atoms with Crippen LogP contribution in [0.25, 0.3) is 0 Å². The van der Waals surface area contributed by atoms with Crippen LogP contribution in [0.5, 0.6) is 0 Å². The van der Waals surface area contributed by atoms with E-state index in [1.54, 1.807) is 6.07 Å². The van der Waals surface area contributed by atoms with E-state index >= 15 is 0 Å². The molecule has 0 N–H and O–H groups in total. The maximum atomic E-state index is 11.3. The van der Waals surface area contributed by atoms with E-state index in [0.717, 1.165) is 0 Å². The smallest absolute Gasteiger partial charge is 0.339 e. The molecular formula is C10H10O4S. The first-order chi connectivity index (χ1) is 7.10. The zero-order valence-corrected chi connectivity index (χ0v) is 9.21. The van der Waals surface area contributed by atoms with Crippen molar-refractivity contribution in [2.45, 2.75) is 4.90 Å². The third kappa shape index (κ3) is 2.50. The SMILES string of the molecule is COC(=O)c1ccc(S)c(C(=O)OC)c1. The number of carbonyl (C=O) groups excluding carboxylic acids is 2. The van der Waals surface area contributed by atoms with Crippen LogP contribution in [0.4, 0.5) is 0 Å². The molecule has 0 aliphatic carbocycles. The lowest BCUT2D eigenvalue weighted by Gasteiger charge is -2.05. The summed E-state index contributed by atoms with van der Waals surface area (Å²) in [6, 6.07) is 4.46. The van der Waals surface area contributed by atoms with Crippen molar-refractivity contribution in [1.82, 2.24) is 0 Å². The van der Waals surface area contributed by atoms with E-state index in [-0.39, 0.29) is 11.1 Å². The minimum absolute atomic E-state index is 0.240. The summed E-state index contributed by atoms with van der Waals surface area (Å²) in [5.74, 6) is -1.04. The van der Waals surface area contributed by atoms with Gasteiger partial charge in [0.25, 0.3) is 0 Å². The predicted molar refractivity (Wildman–Crippen MR) is 56.4 cm³/mol. The molecular weight excluding hydrogens is 216 g/mol. The van der Waals surface area contributed by atoms with E-state index in [4.69, 9.17) is 0 Å². The van der Waals surface area contributed by atoms with Crippen molar-refractivity contribution in [2.24, 2.45) is 0 Å². The summed E-state index contributed by atoms with van der Waals surface area (Å²) in [7, 11) is 2.54. The summed E-state index contributed by atoms with van der Waals surface area (Å²) in [5, 5.41) is 0. The molecule has 1 rings (SSSR count). The van der Waals surface area contributed by atoms with Gasteiger partial charge in [0.1, 0.15) is 0 Å². The Morgan fingerprint density at radius 3 is 2.27 bits per heavy atom. The van der Waals surface area contributed by atoms with Crippen molar-refractivity contribution in [3.63, 3.8) is 0 Å². The molecule has 0 aliphatic rings. The molecule has 1 aromatic rings. The highest BCUT2D eigenvalue weighted by atomic mass is 32.1. The van der Waals surface area contributed by atoms with Crippen molar-refractivity contribution >= 4 is 24.6 Å². The Bertz CT molecular complexity index is 400. The lowest BCUT2D eigenvalue weighted by atomic mass is 10.1. The second kappa shape index (κ2) is 4.84. The third-order valence-electron chi connectivity index (χ3n) is 1.82. The third-order valence-corrected chi connectivity index (χ3v) is 2.21. The molecule has 1 aromatic carbocycles. The van der Waals surface area contributed by atoms with Crippen LogP contribution in [0, 0.1) is 0 Å². The molecule has 0 aromatic heterocycles. The van der Waals surface area contributed by atoms with E-state index in [1.165, 1.54) is 26.4 Å². The number of thiol groups is 1. The summed E-state index contributed by atoms with van der Waals surface area (Å²) in [5.41, 5.74) is 0.527. The van der Waals surface area contributed by atoms with E-state index < -0.39 is 11.9 Å². The number of hydrogen-bond acceptors (Lipinski definition) is 5. The van der Waals surface area contributed by atoms with Crippen LogP contribution in [-0.2, 0) is 9.47 Å². The topological polar surface area (TPSA) is 52.6 Å². The minimum atomic E-state index is -0.536. The summed E-state index contributed by atoms with van der Waals surface area (Å²) >= 11 is 4.08. The van der Waals surface area contributed by atoms with Gasteiger partial charge in [-0.05, 0) is 18.2 Å². The number of esters is 2. The van der Waals surface area contributed by atoms with E-state index in [1.807, 2.05) is 0 Å². The number of ether oxygens (including phenoxy) is 2. The molecule has 0 bridgehead atoms. The summed E-state index contributed by atoms with van der Waals surface area (Å²) in [4.78, 5) is 22.9. The average molecular weight is 226 g/mol. The molecule has 0 radical (unpaired) electrons. The molecule has 4 nitrogen and oxygen atoms in total. The minimum Gasteiger partial charge on any atom is -0.465 e. The largest absolute Gasteiger partial charge is 0.465 e. The van der Waals surface area contributed by atoms with Gasteiger partial charge < -0.3 is 9.47 Å². The van der Waals surface area contributed by atoms with Gasteiger partial charge in [0.05, 0.1) is 25.3 Å². The molecule has 80 valence electrons. The Morgan fingerprint density at radius 1 is 1.13 bits per heavy atom. The fraction of sp³-hybridized carbons (Fsp3) is 0.200. The molecule has 15 heavy (non-hydrogen) atoms. The molecule has 0 amide bonds. The molecule has 0 unspecified atom stereocenters. The highest BCUT2D eigenvalue weighted by Gasteiger charge is 2.13. The molecule has 0 saturated heterocycles. The zero-order valence-electron chi connectivity index (χ0n) is 8.31. The van der Waals surface area contributed by atoms with Gasteiger partial charge in [-0.3, -0.25) is 0 Å². The van der Waals surface area contributed by atoms with Gasteiger partial charge in [-0.25, -0.2) is 9.59 Å². The second-order valence-electron chi connectivity index (χ2n) is 2.72. The van der Waals surface area contributed by atoms with Crippen LogP contribution in [-0.4, -0.2) is 26.2 Å². The van der Waals surface area contributed by atoms with Crippen LogP contribution < -0.4 is 0 Å². The van der Waals surface area contributed by atoms with Gasteiger partial charge >= 0.3 is 11.9 Å². The first-order valence-electron chi connectivity index (χ1n) is 4.09. The molecule has 0 aliphatic heterocycles. The number of methoxy groups -OCH3 is 2. The fourth-order valence-corrected chi connectivity index (χ4v) is 1.28. The van der Waals surface area contributed by atoms with Crippen LogP contribution in [0.3, 0.4) is 0 Å². The normalized spacial score (nSPS) is 9.53. The summed E-state index contributed by atoms with van der Waals surface area (Å²) in [6.07, 6.45) is 0. The monoisotopic (exact) mass is 226 g/mol. The van der Waals surface area contributed by atoms with Gasteiger partial charge in [-0.15, -0.1) is 12.6 Å². The summed E-state index contributed by atoms with van der Waals surface area (Å²) in [6.45, 7) is 0. The highest BCUT2D eigenvalue weighted by Crippen LogP contribution is 2.17. The number of benzene rings is 1. The molecule has 5 heteroatoms. The molecule has 0 saturated carbocycles. The quantitative estimate of drug-likeness (QED) is 0.614. The Balaban J connectivity index is 3.16. The van der Waals surface area contributed by atoms with Crippen molar-refractivity contribution in [2.75, 3.05) is 14.2 Å². The lowest BCUT2D eigenvalue weighted by Crippen LogP contribution is -2.07. The summed E-state index contributed by atoms with van der Waals surface area (Å²) < 4.78 is 9.07. The van der Waals surface area contributed by atoms with Crippen LogP contribution >= 0.6 is 12.6 Å². The second-order valence-corrected chi connectivity index (χ2v) is 3.20. The van der Waals surface area contributed by atoms with E-state index in [2.05, 4.69) is 22.1 Å². The van der Waals surface area contributed by atoms with Gasteiger partial charge in [0.2, 0.25) is 0 Å². The van der Waals surface area contributed by atoms with Crippen molar-refractivity contribution in [3.8, 4) is 0 Å². The van der Waals surface area contributed by atoms with Crippen molar-refractivity contribution < 1.29 is 19.1 Å². The van der Waals surface area contributed by atoms with E-state index in [0.29, 0.717) is 4.90 Å². The van der Waals surface area contributed by atoms with Crippen LogP contribution in [0.15, 0.2) is 23.1 Å². The molecule has 0 atom stereocenters. The van der Waals surface area contributed by atoms with Gasteiger partial charge in [0, 0.05) is 4.90 Å². The Labute approximate surface area is 92.6 Å². The Hall–Kier alpha value is -1.49. The van der Waals surface area contributed by atoms with Crippen LogP contribution in [0.1, 0.15) is 20.7 Å². The molecule has 0 heterocycles. The fourth-order valence-electron chi connectivity index (χ4n) is 1.05. The number of carbonyl (C=O) groups is 2. The molecule has 0 fully saturated rings. The molecule has 0 spiro atoms. The Kier molecular flexibility index (Phi) is 3.74. The highest BCUT2D eigenvalue weighted by molar-refractivity contribution is 7.80. The average Bonchev–Trinajstić information content (AvgIpc) is 2.27. The first-order valence-corrected chi connectivity index (χ1v) is 4.54. The van der Waals surface area contributed by atoms with Crippen molar-refractivity contribution in [3.05, 3.63) is 29.3 Å². The number of rotatable bonds is 2. The first kappa shape index (κ1) is 11.6. The van der Waals surface area contributed by atoms with Crippen molar-refractivity contribution in [1.29, 1.82) is 0 Å². The van der Waals surface area contributed by atoms with Gasteiger partial charge in [-0.1, -0.05) is 0 Å². The predicted octanol–water partition coefficient (Wildman–Crippen LogP) is 1.55. The zero-order chi connectivity index (χ0) is 11.4. The Morgan fingerprint density at radius 2 is 1.73 bits per heavy atom. The van der Waals surface area contributed by atoms with Gasteiger partial charge in [-0.2, -0.15) is 0 Å². The number of hydrogen-bond donors (Lipinski definition) is 1. The standard InChI is InChI=1S/C10H10O4S/c1-13-9(11)6-3-4-8(15)7(5-6)10(12)14-2/h3-5,15H,1-2H3. The lowest BCUT2D eigenvalue weighted by molar-refractivity contribution is 0.0596. The van der Waals surface area contributed by atoms with Crippen LogP contribution in [0.2, 0.25) is 0 Å².